The smallest absolute Gasteiger partial charge is 0.146 e. The highest BCUT2D eigenvalue weighted by Crippen LogP contribution is 2.22. The molecule has 2 aliphatic heterocycles. The third-order valence-electron chi connectivity index (χ3n) is 4.18. The molecular formula is C15H20ClFN2O. The zero-order chi connectivity index (χ0) is 13.9. The number of hydrogen-bond donors (Lipinski definition) is 1. The lowest BCUT2D eigenvalue weighted by Gasteiger charge is -2.35. The van der Waals surface area contributed by atoms with Crippen LogP contribution in [0.2, 0.25) is 5.02 Å². The molecule has 1 N–H and O–H groups in total. The van der Waals surface area contributed by atoms with Gasteiger partial charge in [-0.15, -0.1) is 0 Å². The molecule has 0 aromatic heterocycles. The average molecular weight is 299 g/mol. The molecule has 0 bridgehead atoms. The first-order valence-corrected chi connectivity index (χ1v) is 7.61. The standard InChI is InChI=1S/C15H20ClFN2O/c16-14-5-1-3-11(15(14)17)7-18-8-13-9-19-6-2-4-12(19)10-20-13/h1,3,5,12-13,18H,2,4,6-10H2. The Morgan fingerprint density at radius 2 is 2.35 bits per heavy atom. The summed E-state index contributed by atoms with van der Waals surface area (Å²) in [5.41, 5.74) is 0.604. The van der Waals surface area contributed by atoms with Gasteiger partial charge in [-0.3, -0.25) is 4.90 Å². The molecule has 2 aliphatic rings. The molecule has 0 amide bonds. The second kappa shape index (κ2) is 6.39. The zero-order valence-electron chi connectivity index (χ0n) is 11.4. The van der Waals surface area contributed by atoms with Crippen LogP contribution in [0.25, 0.3) is 0 Å². The fourth-order valence-electron chi connectivity index (χ4n) is 3.06. The largest absolute Gasteiger partial charge is 0.374 e. The summed E-state index contributed by atoms with van der Waals surface area (Å²) in [6.07, 6.45) is 2.74. The molecule has 2 atom stereocenters. The molecule has 2 unspecified atom stereocenters. The Bertz CT molecular complexity index is 471. The summed E-state index contributed by atoms with van der Waals surface area (Å²) in [6.45, 7) is 4.23. The average Bonchev–Trinajstić information content (AvgIpc) is 2.91. The van der Waals surface area contributed by atoms with Crippen LogP contribution in [0.1, 0.15) is 18.4 Å². The molecule has 3 rings (SSSR count). The van der Waals surface area contributed by atoms with E-state index in [2.05, 4.69) is 10.2 Å². The topological polar surface area (TPSA) is 24.5 Å². The van der Waals surface area contributed by atoms with Gasteiger partial charge in [0.25, 0.3) is 0 Å². The molecule has 1 aromatic carbocycles. The van der Waals surface area contributed by atoms with Gasteiger partial charge in [-0.25, -0.2) is 4.39 Å². The number of nitrogens with zero attached hydrogens (tertiary/aromatic N) is 1. The molecule has 0 radical (unpaired) electrons. The molecule has 1 aromatic rings. The van der Waals surface area contributed by atoms with E-state index < -0.39 is 0 Å². The van der Waals surface area contributed by atoms with Crippen molar-refractivity contribution in [3.63, 3.8) is 0 Å². The number of ether oxygens (including phenoxy) is 1. The Balaban J connectivity index is 1.47. The van der Waals surface area contributed by atoms with Crippen molar-refractivity contribution in [2.45, 2.75) is 31.5 Å². The first-order chi connectivity index (χ1) is 9.74. The highest BCUT2D eigenvalue weighted by molar-refractivity contribution is 6.30. The van der Waals surface area contributed by atoms with Crippen LogP contribution in [-0.2, 0) is 11.3 Å². The number of fused-ring (bicyclic) bond motifs is 1. The van der Waals surface area contributed by atoms with Crippen molar-refractivity contribution in [1.82, 2.24) is 10.2 Å². The normalized spacial score (nSPS) is 26.7. The molecule has 2 saturated heterocycles. The molecule has 0 saturated carbocycles. The predicted octanol–water partition coefficient (Wildman–Crippen LogP) is 2.43. The third kappa shape index (κ3) is 3.14. The van der Waals surface area contributed by atoms with Gasteiger partial charge in [0, 0.05) is 31.2 Å². The minimum absolute atomic E-state index is 0.179. The number of benzene rings is 1. The maximum atomic E-state index is 13.7. The number of morpholine rings is 1. The summed E-state index contributed by atoms with van der Waals surface area (Å²) in [5.74, 6) is -0.328. The van der Waals surface area contributed by atoms with Crippen molar-refractivity contribution in [2.75, 3.05) is 26.2 Å². The molecule has 2 heterocycles. The number of halogens is 2. The predicted molar refractivity (Wildman–Crippen MR) is 77.5 cm³/mol. The third-order valence-corrected chi connectivity index (χ3v) is 4.47. The second-order valence-electron chi connectivity index (χ2n) is 5.59. The molecule has 0 aliphatic carbocycles. The van der Waals surface area contributed by atoms with E-state index in [9.17, 15) is 4.39 Å². The minimum atomic E-state index is -0.328. The van der Waals surface area contributed by atoms with Gasteiger partial charge in [0.2, 0.25) is 0 Å². The summed E-state index contributed by atoms with van der Waals surface area (Å²) in [5, 5.41) is 3.45. The van der Waals surface area contributed by atoms with E-state index >= 15 is 0 Å². The number of hydrogen-bond acceptors (Lipinski definition) is 3. The molecular weight excluding hydrogens is 279 g/mol. The molecule has 0 spiro atoms. The summed E-state index contributed by atoms with van der Waals surface area (Å²) >= 11 is 5.77. The van der Waals surface area contributed by atoms with Crippen LogP contribution in [0.3, 0.4) is 0 Å². The highest BCUT2D eigenvalue weighted by atomic mass is 35.5. The first kappa shape index (κ1) is 14.3. The monoisotopic (exact) mass is 298 g/mol. The van der Waals surface area contributed by atoms with E-state index in [0.717, 1.165) is 19.7 Å². The van der Waals surface area contributed by atoms with Gasteiger partial charge in [-0.05, 0) is 25.5 Å². The van der Waals surface area contributed by atoms with Gasteiger partial charge in [-0.2, -0.15) is 0 Å². The molecule has 5 heteroatoms. The maximum absolute atomic E-state index is 13.7. The van der Waals surface area contributed by atoms with Crippen LogP contribution in [0.5, 0.6) is 0 Å². The molecule has 20 heavy (non-hydrogen) atoms. The highest BCUT2D eigenvalue weighted by Gasteiger charge is 2.31. The van der Waals surface area contributed by atoms with Crippen molar-refractivity contribution in [1.29, 1.82) is 0 Å². The van der Waals surface area contributed by atoms with Gasteiger partial charge in [0.05, 0.1) is 17.7 Å². The SMILES string of the molecule is Fc1c(Cl)cccc1CNCC1CN2CCCC2CO1. The van der Waals surface area contributed by atoms with Crippen LogP contribution in [0, 0.1) is 5.82 Å². The van der Waals surface area contributed by atoms with Gasteiger partial charge in [-0.1, -0.05) is 23.7 Å². The van der Waals surface area contributed by atoms with Crippen LogP contribution in [0.15, 0.2) is 18.2 Å². The first-order valence-electron chi connectivity index (χ1n) is 7.23. The lowest BCUT2D eigenvalue weighted by molar-refractivity contribution is -0.0470. The van der Waals surface area contributed by atoms with Crippen molar-refractivity contribution in [3.05, 3.63) is 34.6 Å². The Morgan fingerprint density at radius 1 is 1.45 bits per heavy atom. The van der Waals surface area contributed by atoms with E-state index in [-0.39, 0.29) is 16.9 Å². The lowest BCUT2D eigenvalue weighted by atomic mass is 10.1. The molecule has 110 valence electrons. The van der Waals surface area contributed by atoms with E-state index in [4.69, 9.17) is 16.3 Å². The van der Waals surface area contributed by atoms with Gasteiger partial charge in [0.1, 0.15) is 5.82 Å². The Kier molecular flexibility index (Phi) is 4.56. The lowest BCUT2D eigenvalue weighted by Crippen LogP contribution is -2.49. The van der Waals surface area contributed by atoms with Crippen LogP contribution < -0.4 is 5.32 Å². The van der Waals surface area contributed by atoms with E-state index in [1.165, 1.54) is 19.4 Å². The zero-order valence-corrected chi connectivity index (χ0v) is 12.2. The quantitative estimate of drug-likeness (QED) is 0.924. The Labute approximate surface area is 124 Å². The van der Waals surface area contributed by atoms with E-state index in [1.807, 2.05) is 0 Å². The Morgan fingerprint density at radius 3 is 3.25 bits per heavy atom. The molecule has 3 nitrogen and oxygen atoms in total. The minimum Gasteiger partial charge on any atom is -0.374 e. The summed E-state index contributed by atoms with van der Waals surface area (Å²) in [6, 6.07) is 5.72. The van der Waals surface area contributed by atoms with Gasteiger partial charge < -0.3 is 10.1 Å². The summed E-state index contributed by atoms with van der Waals surface area (Å²) < 4.78 is 19.6. The Hall–Kier alpha value is -0.680. The summed E-state index contributed by atoms with van der Waals surface area (Å²) in [7, 11) is 0. The van der Waals surface area contributed by atoms with Crippen LogP contribution in [0.4, 0.5) is 4.39 Å². The number of rotatable bonds is 4. The van der Waals surface area contributed by atoms with Crippen molar-refractivity contribution in [2.24, 2.45) is 0 Å². The second-order valence-corrected chi connectivity index (χ2v) is 6.00. The van der Waals surface area contributed by atoms with Crippen molar-refractivity contribution in [3.8, 4) is 0 Å². The van der Waals surface area contributed by atoms with Crippen molar-refractivity contribution < 1.29 is 9.13 Å². The van der Waals surface area contributed by atoms with E-state index in [1.54, 1.807) is 18.2 Å². The van der Waals surface area contributed by atoms with Crippen LogP contribution in [-0.4, -0.2) is 43.3 Å². The summed E-state index contributed by atoms with van der Waals surface area (Å²) in [4.78, 5) is 2.51. The van der Waals surface area contributed by atoms with E-state index in [0.29, 0.717) is 18.2 Å². The van der Waals surface area contributed by atoms with Crippen LogP contribution >= 0.6 is 11.6 Å². The maximum Gasteiger partial charge on any atom is 0.146 e. The van der Waals surface area contributed by atoms with Gasteiger partial charge >= 0.3 is 0 Å². The fourth-order valence-corrected chi connectivity index (χ4v) is 3.26. The van der Waals surface area contributed by atoms with Gasteiger partial charge in [0.15, 0.2) is 0 Å². The molecule has 2 fully saturated rings. The number of nitrogens with one attached hydrogen (secondary N) is 1. The fraction of sp³-hybridized carbons (Fsp3) is 0.600. The van der Waals surface area contributed by atoms with Crippen molar-refractivity contribution >= 4 is 11.6 Å².